The first-order chi connectivity index (χ1) is 13.0. The third kappa shape index (κ3) is 3.80. The molecule has 1 saturated heterocycles. The maximum Gasteiger partial charge on any atom is 0.243 e. The Hall–Kier alpha value is -2.10. The van der Waals surface area contributed by atoms with Crippen molar-refractivity contribution in [3.63, 3.8) is 0 Å². The fourth-order valence-electron chi connectivity index (χ4n) is 3.29. The molecule has 7 nitrogen and oxygen atoms in total. The molecule has 0 spiro atoms. The minimum Gasteiger partial charge on any atom is -0.454 e. The summed E-state index contributed by atoms with van der Waals surface area (Å²) in [6, 6.07) is 8.50. The molecule has 2 aliphatic rings. The Morgan fingerprint density at radius 1 is 1.26 bits per heavy atom. The molecule has 0 unspecified atom stereocenters. The molecule has 4 rings (SSSR count). The summed E-state index contributed by atoms with van der Waals surface area (Å²) in [5.74, 6) is 0.522. The first-order valence-corrected chi connectivity index (χ1v) is 11.1. The van der Waals surface area contributed by atoms with Gasteiger partial charge in [0, 0.05) is 24.0 Å². The second-order valence-electron chi connectivity index (χ2n) is 6.51. The van der Waals surface area contributed by atoms with E-state index < -0.39 is 10.0 Å². The summed E-state index contributed by atoms with van der Waals surface area (Å²) in [4.78, 5) is 13.7. The zero-order valence-electron chi connectivity index (χ0n) is 14.6. The van der Waals surface area contributed by atoms with E-state index in [0.717, 1.165) is 4.88 Å². The van der Waals surface area contributed by atoms with E-state index in [1.807, 2.05) is 17.5 Å². The molecule has 1 fully saturated rings. The van der Waals surface area contributed by atoms with Gasteiger partial charge in [0.1, 0.15) is 0 Å². The van der Waals surface area contributed by atoms with Crippen LogP contribution in [-0.2, 0) is 21.4 Å². The number of nitrogens with one attached hydrogen (secondary N) is 1. The number of fused-ring (bicyclic) bond motifs is 1. The van der Waals surface area contributed by atoms with Crippen LogP contribution in [0.15, 0.2) is 40.6 Å². The monoisotopic (exact) mass is 408 g/mol. The van der Waals surface area contributed by atoms with Gasteiger partial charge < -0.3 is 14.8 Å². The van der Waals surface area contributed by atoms with Crippen molar-refractivity contribution in [2.75, 3.05) is 19.9 Å². The second-order valence-corrected chi connectivity index (χ2v) is 9.48. The Morgan fingerprint density at radius 2 is 2.11 bits per heavy atom. The minimum atomic E-state index is -3.69. The minimum absolute atomic E-state index is 0.0923. The van der Waals surface area contributed by atoms with Crippen LogP contribution in [0.5, 0.6) is 11.5 Å². The molecule has 0 bridgehead atoms. The lowest BCUT2D eigenvalue weighted by molar-refractivity contribution is -0.126. The molecule has 27 heavy (non-hydrogen) atoms. The van der Waals surface area contributed by atoms with Crippen molar-refractivity contribution < 1.29 is 22.7 Å². The molecule has 3 heterocycles. The van der Waals surface area contributed by atoms with Crippen LogP contribution in [-0.4, -0.2) is 38.5 Å². The molecule has 1 N–H and O–H groups in total. The molecule has 9 heteroatoms. The first-order valence-electron chi connectivity index (χ1n) is 8.74. The second kappa shape index (κ2) is 7.49. The Bertz CT molecular complexity index is 927. The average Bonchev–Trinajstić information content (AvgIpc) is 3.37. The molecule has 0 saturated carbocycles. The van der Waals surface area contributed by atoms with Gasteiger partial charge in [-0.25, -0.2) is 8.42 Å². The van der Waals surface area contributed by atoms with E-state index in [1.165, 1.54) is 16.4 Å². The highest BCUT2D eigenvalue weighted by atomic mass is 32.2. The number of nitrogens with zero attached hydrogens (tertiary/aromatic N) is 1. The standard InChI is InChI=1S/C18H20N2O5S2/c21-18(19-10-14-4-2-8-26-14)13-3-1-7-20(11-13)27(22,23)15-5-6-16-17(9-15)25-12-24-16/h2,4-6,8-9,13H,1,3,7,10-12H2,(H,19,21)/t13-/m0/s1. The van der Waals surface area contributed by atoms with Gasteiger partial charge >= 0.3 is 0 Å². The number of carbonyl (C=O) groups excluding carboxylic acids is 1. The van der Waals surface area contributed by atoms with Crippen LogP contribution in [0.4, 0.5) is 0 Å². The summed E-state index contributed by atoms with van der Waals surface area (Å²) in [6.07, 6.45) is 1.34. The summed E-state index contributed by atoms with van der Waals surface area (Å²) in [6.45, 7) is 1.16. The largest absolute Gasteiger partial charge is 0.454 e. The fourth-order valence-corrected chi connectivity index (χ4v) is 5.48. The van der Waals surface area contributed by atoms with Crippen molar-refractivity contribution in [1.82, 2.24) is 9.62 Å². The van der Waals surface area contributed by atoms with E-state index in [1.54, 1.807) is 17.4 Å². The van der Waals surface area contributed by atoms with E-state index in [-0.39, 0.29) is 30.1 Å². The molecular weight excluding hydrogens is 388 g/mol. The molecule has 2 aromatic rings. The summed E-state index contributed by atoms with van der Waals surface area (Å²) in [5.41, 5.74) is 0. The molecule has 0 radical (unpaired) electrons. The zero-order chi connectivity index (χ0) is 18.9. The number of ether oxygens (including phenoxy) is 2. The van der Waals surface area contributed by atoms with Gasteiger partial charge in [-0.2, -0.15) is 4.31 Å². The number of thiophene rings is 1. The SMILES string of the molecule is O=C(NCc1cccs1)[C@H]1CCCN(S(=O)(=O)c2ccc3c(c2)OCO3)C1. The molecule has 1 aromatic heterocycles. The Kier molecular flexibility index (Phi) is 5.07. The summed E-state index contributed by atoms with van der Waals surface area (Å²) < 4.78 is 37.9. The number of piperidine rings is 1. The highest BCUT2D eigenvalue weighted by Gasteiger charge is 2.34. The Morgan fingerprint density at radius 3 is 2.93 bits per heavy atom. The molecule has 144 valence electrons. The van der Waals surface area contributed by atoms with Crippen molar-refractivity contribution in [2.45, 2.75) is 24.3 Å². The van der Waals surface area contributed by atoms with Crippen LogP contribution in [0.2, 0.25) is 0 Å². The van der Waals surface area contributed by atoms with Crippen LogP contribution in [0.25, 0.3) is 0 Å². The Balaban J connectivity index is 1.44. The lowest BCUT2D eigenvalue weighted by Gasteiger charge is -2.31. The number of carbonyl (C=O) groups is 1. The lowest BCUT2D eigenvalue weighted by Crippen LogP contribution is -2.45. The normalized spacial score (nSPS) is 19.8. The first kappa shape index (κ1) is 18.3. The maximum absolute atomic E-state index is 13.0. The van der Waals surface area contributed by atoms with E-state index in [2.05, 4.69) is 5.32 Å². The van der Waals surface area contributed by atoms with Gasteiger partial charge in [0.05, 0.1) is 17.4 Å². The van der Waals surface area contributed by atoms with Gasteiger partial charge in [0.15, 0.2) is 11.5 Å². The predicted octanol–water partition coefficient (Wildman–Crippen LogP) is 2.19. The smallest absolute Gasteiger partial charge is 0.243 e. The van der Waals surface area contributed by atoms with Crippen LogP contribution < -0.4 is 14.8 Å². The summed E-state index contributed by atoms with van der Waals surface area (Å²) in [7, 11) is -3.69. The van der Waals surface area contributed by atoms with Crippen molar-refractivity contribution in [1.29, 1.82) is 0 Å². The van der Waals surface area contributed by atoms with Gasteiger partial charge in [0.25, 0.3) is 0 Å². The number of hydrogen-bond donors (Lipinski definition) is 1. The lowest BCUT2D eigenvalue weighted by atomic mass is 9.99. The molecule has 1 aromatic carbocycles. The van der Waals surface area contributed by atoms with E-state index in [9.17, 15) is 13.2 Å². The third-order valence-electron chi connectivity index (χ3n) is 4.75. The van der Waals surface area contributed by atoms with Crippen molar-refractivity contribution in [2.24, 2.45) is 5.92 Å². The van der Waals surface area contributed by atoms with Crippen LogP contribution in [0, 0.1) is 5.92 Å². The average molecular weight is 409 g/mol. The van der Waals surface area contributed by atoms with E-state index in [0.29, 0.717) is 37.4 Å². The summed E-state index contributed by atoms with van der Waals surface area (Å²) in [5, 5.41) is 4.87. The number of benzene rings is 1. The number of sulfonamides is 1. The van der Waals surface area contributed by atoms with Crippen LogP contribution in [0.1, 0.15) is 17.7 Å². The molecule has 1 atom stereocenters. The van der Waals surface area contributed by atoms with E-state index >= 15 is 0 Å². The van der Waals surface area contributed by atoms with Crippen molar-refractivity contribution >= 4 is 27.3 Å². The molecule has 2 aliphatic heterocycles. The maximum atomic E-state index is 13.0. The topological polar surface area (TPSA) is 84.9 Å². The van der Waals surface area contributed by atoms with E-state index in [4.69, 9.17) is 9.47 Å². The van der Waals surface area contributed by atoms with Gasteiger partial charge in [-0.15, -0.1) is 11.3 Å². The molecule has 1 amide bonds. The molecular formula is C18H20N2O5S2. The van der Waals surface area contributed by atoms with Gasteiger partial charge in [-0.1, -0.05) is 6.07 Å². The quantitative estimate of drug-likeness (QED) is 0.820. The highest BCUT2D eigenvalue weighted by molar-refractivity contribution is 7.89. The highest BCUT2D eigenvalue weighted by Crippen LogP contribution is 2.35. The van der Waals surface area contributed by atoms with Crippen molar-refractivity contribution in [3.05, 3.63) is 40.6 Å². The van der Waals surface area contributed by atoms with Gasteiger partial charge in [-0.3, -0.25) is 4.79 Å². The summed E-state index contributed by atoms with van der Waals surface area (Å²) >= 11 is 1.58. The van der Waals surface area contributed by atoms with Crippen LogP contribution in [0.3, 0.4) is 0 Å². The van der Waals surface area contributed by atoms with Gasteiger partial charge in [-0.05, 0) is 36.4 Å². The molecule has 0 aliphatic carbocycles. The third-order valence-corrected chi connectivity index (χ3v) is 7.49. The number of hydrogen-bond acceptors (Lipinski definition) is 6. The zero-order valence-corrected chi connectivity index (χ0v) is 16.2. The van der Waals surface area contributed by atoms with Crippen molar-refractivity contribution in [3.8, 4) is 11.5 Å². The van der Waals surface area contributed by atoms with Gasteiger partial charge in [0.2, 0.25) is 22.7 Å². The number of amides is 1. The van der Waals surface area contributed by atoms with Crippen LogP contribution >= 0.6 is 11.3 Å². The Labute approximate surface area is 161 Å². The predicted molar refractivity (Wildman–Crippen MR) is 100 cm³/mol. The number of rotatable bonds is 5. The fraction of sp³-hybridized carbons (Fsp3) is 0.389.